The molecule has 8 heteroatoms. The summed E-state index contributed by atoms with van der Waals surface area (Å²) in [5.74, 6) is -3.12. The summed E-state index contributed by atoms with van der Waals surface area (Å²) in [5.41, 5.74) is -0.930. The number of benzene rings is 1. The van der Waals surface area contributed by atoms with Crippen molar-refractivity contribution in [1.82, 2.24) is 9.78 Å². The Balaban J connectivity index is 2.07. The van der Waals surface area contributed by atoms with E-state index in [0.29, 0.717) is 6.07 Å². The van der Waals surface area contributed by atoms with Gasteiger partial charge < -0.3 is 10.4 Å². The van der Waals surface area contributed by atoms with Crippen molar-refractivity contribution < 1.29 is 23.5 Å². The normalized spacial score (nSPS) is 11.3. The second kappa shape index (κ2) is 6.15. The molecule has 0 unspecified atom stereocenters. The maximum atomic E-state index is 13.5. The van der Waals surface area contributed by atoms with Crippen LogP contribution in [-0.2, 0) is 21.5 Å². The van der Waals surface area contributed by atoms with Gasteiger partial charge in [0.1, 0.15) is 11.6 Å². The van der Waals surface area contributed by atoms with Gasteiger partial charge in [0.05, 0.1) is 18.3 Å². The van der Waals surface area contributed by atoms with E-state index in [1.54, 1.807) is 0 Å². The molecule has 2 aromatic rings. The van der Waals surface area contributed by atoms with Gasteiger partial charge in [-0.3, -0.25) is 9.48 Å². The molecule has 122 valence electrons. The Labute approximate surface area is 130 Å². The van der Waals surface area contributed by atoms with Crippen LogP contribution in [0.1, 0.15) is 19.4 Å². The second-order valence-corrected chi connectivity index (χ2v) is 5.50. The average Bonchev–Trinajstić information content (AvgIpc) is 2.91. The Hall–Kier alpha value is -2.77. The van der Waals surface area contributed by atoms with Crippen molar-refractivity contribution in [3.05, 3.63) is 47.8 Å². The van der Waals surface area contributed by atoms with Gasteiger partial charge >= 0.3 is 5.97 Å². The highest BCUT2D eigenvalue weighted by atomic mass is 19.1. The van der Waals surface area contributed by atoms with Crippen LogP contribution in [0.15, 0.2) is 30.6 Å². The Kier molecular flexibility index (Phi) is 4.44. The number of amides is 1. The molecular weight excluding hydrogens is 308 g/mol. The molecule has 0 spiro atoms. The monoisotopic (exact) mass is 323 g/mol. The Bertz CT molecular complexity index is 756. The zero-order chi connectivity index (χ0) is 17.2. The molecule has 0 bridgehead atoms. The number of carboxylic acids is 1. The van der Waals surface area contributed by atoms with E-state index >= 15 is 0 Å². The summed E-state index contributed by atoms with van der Waals surface area (Å²) in [6, 6.07) is 2.97. The standard InChI is InChI=1S/C15H15F2N3O3/c1-15(2,14(22)23)20-8-11(7-18-20)19-13(21)5-9-3-4-10(16)6-12(9)17/h3-4,6-8H,5H2,1-2H3,(H,19,21)(H,22,23). The molecule has 0 saturated carbocycles. The summed E-state index contributed by atoms with van der Waals surface area (Å²) in [6.07, 6.45) is 2.39. The first-order valence-corrected chi connectivity index (χ1v) is 6.72. The van der Waals surface area contributed by atoms with Crippen LogP contribution in [0.25, 0.3) is 0 Å². The van der Waals surface area contributed by atoms with Crippen molar-refractivity contribution in [3.63, 3.8) is 0 Å². The number of nitrogens with zero attached hydrogens (tertiary/aromatic N) is 2. The van der Waals surface area contributed by atoms with Crippen LogP contribution in [0.4, 0.5) is 14.5 Å². The first-order chi connectivity index (χ1) is 10.7. The number of carboxylic acid groups (broad SMARTS) is 1. The molecule has 0 aliphatic rings. The van der Waals surface area contributed by atoms with Crippen molar-refractivity contribution >= 4 is 17.6 Å². The number of anilines is 1. The molecule has 23 heavy (non-hydrogen) atoms. The van der Waals surface area contributed by atoms with Gasteiger partial charge in [0.2, 0.25) is 5.91 Å². The molecule has 1 amide bonds. The van der Waals surface area contributed by atoms with Gasteiger partial charge in [-0.1, -0.05) is 6.07 Å². The second-order valence-electron chi connectivity index (χ2n) is 5.50. The topological polar surface area (TPSA) is 84.2 Å². The predicted molar refractivity (Wildman–Crippen MR) is 77.9 cm³/mol. The van der Waals surface area contributed by atoms with E-state index in [0.717, 1.165) is 6.07 Å². The third-order valence-corrected chi connectivity index (χ3v) is 3.33. The van der Waals surface area contributed by atoms with Crippen LogP contribution >= 0.6 is 0 Å². The zero-order valence-corrected chi connectivity index (χ0v) is 12.5. The van der Waals surface area contributed by atoms with Gasteiger partial charge in [0.15, 0.2) is 5.54 Å². The van der Waals surface area contributed by atoms with Gasteiger partial charge in [-0.2, -0.15) is 5.10 Å². The number of hydrogen-bond acceptors (Lipinski definition) is 3. The number of carbonyl (C=O) groups is 2. The van der Waals surface area contributed by atoms with Crippen molar-refractivity contribution in [3.8, 4) is 0 Å². The SMILES string of the molecule is CC(C)(C(=O)O)n1cc(NC(=O)Cc2ccc(F)cc2F)cn1. The van der Waals surface area contributed by atoms with E-state index in [-0.39, 0.29) is 17.7 Å². The largest absolute Gasteiger partial charge is 0.479 e. The molecule has 0 aliphatic heterocycles. The maximum absolute atomic E-state index is 13.5. The highest BCUT2D eigenvalue weighted by Crippen LogP contribution is 2.18. The Morgan fingerprint density at radius 2 is 2.04 bits per heavy atom. The summed E-state index contributed by atoms with van der Waals surface area (Å²) < 4.78 is 27.5. The molecule has 2 rings (SSSR count). The average molecular weight is 323 g/mol. The minimum atomic E-state index is -1.27. The Morgan fingerprint density at radius 3 is 2.65 bits per heavy atom. The molecule has 0 atom stereocenters. The lowest BCUT2D eigenvalue weighted by Crippen LogP contribution is -2.35. The smallest absolute Gasteiger partial charge is 0.331 e. The minimum Gasteiger partial charge on any atom is -0.479 e. The summed E-state index contributed by atoms with van der Waals surface area (Å²) in [4.78, 5) is 23.0. The van der Waals surface area contributed by atoms with Crippen LogP contribution in [0, 0.1) is 11.6 Å². The fourth-order valence-corrected chi connectivity index (χ4v) is 1.83. The predicted octanol–water partition coefficient (Wildman–Crippen LogP) is 2.16. The molecule has 0 radical (unpaired) electrons. The van der Waals surface area contributed by atoms with Crippen LogP contribution in [0.3, 0.4) is 0 Å². The molecule has 2 N–H and O–H groups in total. The lowest BCUT2D eigenvalue weighted by atomic mass is 10.1. The molecule has 0 fully saturated rings. The van der Waals surface area contributed by atoms with Crippen LogP contribution in [-0.4, -0.2) is 26.8 Å². The van der Waals surface area contributed by atoms with Crippen LogP contribution in [0.2, 0.25) is 0 Å². The van der Waals surface area contributed by atoms with E-state index in [4.69, 9.17) is 5.11 Å². The van der Waals surface area contributed by atoms with Gasteiger partial charge in [0, 0.05) is 12.3 Å². The molecule has 6 nitrogen and oxygen atoms in total. The van der Waals surface area contributed by atoms with Crippen molar-refractivity contribution in [2.45, 2.75) is 25.8 Å². The number of carbonyl (C=O) groups excluding carboxylic acids is 1. The molecule has 0 aliphatic carbocycles. The first-order valence-electron chi connectivity index (χ1n) is 6.72. The van der Waals surface area contributed by atoms with Gasteiger partial charge in [-0.25, -0.2) is 13.6 Å². The molecular formula is C15H15F2N3O3. The maximum Gasteiger partial charge on any atom is 0.331 e. The van der Waals surface area contributed by atoms with Crippen molar-refractivity contribution in [1.29, 1.82) is 0 Å². The lowest BCUT2D eigenvalue weighted by molar-refractivity contribution is -0.146. The minimum absolute atomic E-state index is 0.0576. The van der Waals surface area contributed by atoms with E-state index in [9.17, 15) is 18.4 Å². The molecule has 1 aromatic carbocycles. The lowest BCUT2D eigenvalue weighted by Gasteiger charge is -2.19. The quantitative estimate of drug-likeness (QED) is 0.883. The van der Waals surface area contributed by atoms with Crippen molar-refractivity contribution in [2.75, 3.05) is 5.32 Å². The Morgan fingerprint density at radius 1 is 1.35 bits per heavy atom. The van der Waals surface area contributed by atoms with E-state index in [1.165, 1.54) is 37.0 Å². The molecule has 0 saturated heterocycles. The van der Waals surface area contributed by atoms with Gasteiger partial charge in [-0.15, -0.1) is 0 Å². The molecule has 1 heterocycles. The number of aliphatic carboxylic acids is 1. The zero-order valence-electron chi connectivity index (χ0n) is 12.5. The van der Waals surface area contributed by atoms with Crippen molar-refractivity contribution in [2.24, 2.45) is 0 Å². The fourth-order valence-electron chi connectivity index (χ4n) is 1.83. The number of nitrogens with one attached hydrogen (secondary N) is 1. The van der Waals surface area contributed by atoms with Crippen LogP contribution < -0.4 is 5.32 Å². The van der Waals surface area contributed by atoms with Gasteiger partial charge in [0.25, 0.3) is 0 Å². The highest BCUT2D eigenvalue weighted by Gasteiger charge is 2.30. The summed E-state index contributed by atoms with van der Waals surface area (Å²) in [7, 11) is 0. The third kappa shape index (κ3) is 3.71. The first kappa shape index (κ1) is 16.6. The fraction of sp³-hybridized carbons (Fsp3) is 0.267. The summed E-state index contributed by atoms with van der Waals surface area (Å²) in [6.45, 7) is 2.92. The van der Waals surface area contributed by atoms with E-state index in [2.05, 4.69) is 10.4 Å². The van der Waals surface area contributed by atoms with Crippen LogP contribution in [0.5, 0.6) is 0 Å². The van der Waals surface area contributed by atoms with E-state index < -0.39 is 29.0 Å². The van der Waals surface area contributed by atoms with E-state index in [1.807, 2.05) is 0 Å². The summed E-state index contributed by atoms with van der Waals surface area (Å²) >= 11 is 0. The number of aromatic nitrogens is 2. The number of hydrogen-bond donors (Lipinski definition) is 2. The van der Waals surface area contributed by atoms with Gasteiger partial charge in [-0.05, 0) is 25.5 Å². The summed E-state index contributed by atoms with van der Waals surface area (Å²) in [5, 5.41) is 15.5. The third-order valence-electron chi connectivity index (χ3n) is 3.33. The number of halogens is 2. The highest BCUT2D eigenvalue weighted by molar-refractivity contribution is 5.92. The number of rotatable bonds is 5. The molecule has 1 aromatic heterocycles.